The molecule has 11 heteroatoms. The van der Waals surface area contributed by atoms with Crippen LogP contribution in [0, 0.1) is 13.8 Å². The van der Waals surface area contributed by atoms with Gasteiger partial charge >= 0.3 is 0 Å². The molecule has 4 aliphatic heterocycles. The molecule has 0 aromatic heterocycles. The molecule has 4 N–H and O–H groups in total. The van der Waals surface area contributed by atoms with Crippen molar-refractivity contribution in [1.29, 1.82) is 0 Å². The fraction of sp³-hybridized carbons (Fsp3) is 0.184. The zero-order chi connectivity index (χ0) is 34.9. The van der Waals surface area contributed by atoms with Gasteiger partial charge in [0.15, 0.2) is 0 Å². The number of carbonyl (C=O) groups is 1. The summed E-state index contributed by atoms with van der Waals surface area (Å²) < 4.78 is 3.25. The lowest BCUT2D eigenvalue weighted by molar-refractivity contribution is -0.115. The van der Waals surface area contributed by atoms with Crippen LogP contribution in [0.25, 0.3) is 0 Å². The fourth-order valence-corrected chi connectivity index (χ4v) is 8.56. The molecule has 4 aromatic carbocycles. The van der Waals surface area contributed by atoms with E-state index in [0.717, 1.165) is 88.0 Å². The molecule has 0 spiro atoms. The molecule has 256 valence electrons. The van der Waals surface area contributed by atoms with E-state index < -0.39 is 0 Å². The zero-order valence-corrected chi connectivity index (χ0v) is 33.3. The quantitative estimate of drug-likeness (QED) is 0.142. The Morgan fingerprint density at radius 2 is 1.20 bits per heavy atom. The van der Waals surface area contributed by atoms with E-state index in [1.807, 2.05) is 49.4 Å². The summed E-state index contributed by atoms with van der Waals surface area (Å²) in [6, 6.07) is 15.5. The van der Waals surface area contributed by atoms with E-state index in [1.54, 1.807) is 0 Å². The van der Waals surface area contributed by atoms with Crippen LogP contribution in [-0.2, 0) is 30.5 Å². The molecule has 0 saturated heterocycles. The summed E-state index contributed by atoms with van der Waals surface area (Å²) in [5.41, 5.74) is 14.5. The second kappa shape index (κ2) is 16.5. The van der Waals surface area contributed by atoms with E-state index in [0.29, 0.717) is 11.4 Å². The Morgan fingerprint density at radius 3 is 1.90 bits per heavy atom. The average molecular weight is 911 g/mol. The number of halogens is 6. The summed E-state index contributed by atoms with van der Waals surface area (Å²) in [5, 5.41) is 14.7. The molecule has 4 heterocycles. The van der Waals surface area contributed by atoms with Crippen molar-refractivity contribution in [3.63, 3.8) is 0 Å². The number of hydrogen-bond donors (Lipinski definition) is 4. The summed E-state index contributed by atoms with van der Waals surface area (Å²) in [4.78, 5) is 11.0. The van der Waals surface area contributed by atoms with Crippen molar-refractivity contribution in [2.24, 2.45) is 0 Å². The van der Waals surface area contributed by atoms with Crippen LogP contribution in [0.3, 0.4) is 0 Å². The van der Waals surface area contributed by atoms with Gasteiger partial charge < -0.3 is 21.3 Å². The van der Waals surface area contributed by atoms with Gasteiger partial charge in [-0.05, 0) is 116 Å². The first kappa shape index (κ1) is 39.1. The monoisotopic (exact) mass is 906 g/mol. The molecule has 49 heavy (non-hydrogen) atoms. The smallest absolute Gasteiger partial charge is 0.228 e. The molecule has 4 aliphatic rings. The third-order valence-electron chi connectivity index (χ3n) is 7.96. The number of hydrogen-bond acceptors (Lipinski definition) is 4. The summed E-state index contributed by atoms with van der Waals surface area (Å²) in [7, 11) is 0. The van der Waals surface area contributed by atoms with Crippen molar-refractivity contribution in [2.75, 3.05) is 21.3 Å². The third kappa shape index (κ3) is 9.34. The van der Waals surface area contributed by atoms with Crippen LogP contribution >= 0.6 is 82.6 Å². The minimum Gasteiger partial charge on any atom is -0.359 e. The molecule has 0 fully saturated rings. The summed E-state index contributed by atoms with van der Waals surface area (Å²) in [5.74, 6) is 0.0513. The number of anilines is 4. The standard InChI is InChI=1S/C10H9Br2N.C9H7BrClN.C9H8ClNO.C9H8ClN.CH4/c1-5-3-7-6(2)8(11)4-9(12)10(7)13-5;1-5-2-6-3-7(11)4-8(10)9(6)12-5;1-5-2-7(10)3-6-4-8(12)11-9(5)6;1-6-5-7-8(10)3-2-4-9(7)11-6;/h4,13H,1,3H2,2H3;3-4,12H,1-2H2;2-3H,4H2,1H3,(H,11,12);2-4,11H,1,5H2;1H4. The van der Waals surface area contributed by atoms with Crippen LogP contribution in [-0.4, -0.2) is 5.91 Å². The van der Waals surface area contributed by atoms with Gasteiger partial charge in [0, 0.05) is 81.8 Å². The molecule has 0 atom stereocenters. The maximum absolute atomic E-state index is 11.0. The van der Waals surface area contributed by atoms with Crippen molar-refractivity contribution in [1.82, 2.24) is 0 Å². The lowest BCUT2D eigenvalue weighted by Crippen LogP contribution is -2.04. The highest BCUT2D eigenvalue weighted by atomic mass is 79.9. The maximum Gasteiger partial charge on any atom is 0.228 e. The first-order valence-electron chi connectivity index (χ1n) is 14.9. The number of aryl methyl sites for hydroxylation is 1. The van der Waals surface area contributed by atoms with Gasteiger partial charge in [-0.1, -0.05) is 84.0 Å². The van der Waals surface area contributed by atoms with E-state index in [4.69, 9.17) is 34.8 Å². The molecule has 0 saturated carbocycles. The minimum absolute atomic E-state index is 0. The van der Waals surface area contributed by atoms with Crippen LogP contribution in [0.2, 0.25) is 15.1 Å². The van der Waals surface area contributed by atoms with E-state index in [9.17, 15) is 4.79 Å². The lowest BCUT2D eigenvalue weighted by Gasteiger charge is -2.07. The van der Waals surface area contributed by atoms with Gasteiger partial charge in [0.1, 0.15) is 0 Å². The Bertz CT molecular complexity index is 1940. The molecular weight excluding hydrogens is 875 g/mol. The van der Waals surface area contributed by atoms with Crippen molar-refractivity contribution in [2.45, 2.75) is 47.0 Å². The lowest BCUT2D eigenvalue weighted by atomic mass is 10.1. The molecule has 8 rings (SSSR count). The number of rotatable bonds is 0. The number of allylic oxidation sites excluding steroid dienone is 3. The minimum atomic E-state index is 0. The Kier molecular flexibility index (Phi) is 13.2. The maximum atomic E-state index is 11.0. The number of benzene rings is 4. The third-order valence-corrected chi connectivity index (χ3v) is 10.8. The number of carbonyl (C=O) groups excluding carboxylic acids is 1. The Balaban J connectivity index is 0.000000146. The van der Waals surface area contributed by atoms with E-state index >= 15 is 0 Å². The zero-order valence-electron chi connectivity index (χ0n) is 26.2. The SMILES string of the molecule is C.C=C1Cc2c(C)c(Br)cc(Br)c2N1.C=C1Cc2c(Cl)cccc2N1.C=C1Cc2cc(Cl)cc(Br)c2N1.Cc1cc(Cl)cc2c1NC(=O)C2. The van der Waals surface area contributed by atoms with Gasteiger partial charge in [0.2, 0.25) is 5.91 Å². The van der Waals surface area contributed by atoms with Crippen LogP contribution in [0.15, 0.2) is 98.8 Å². The largest absolute Gasteiger partial charge is 0.359 e. The summed E-state index contributed by atoms with van der Waals surface area (Å²) >= 11 is 28.2. The van der Waals surface area contributed by atoms with Crippen LogP contribution in [0.5, 0.6) is 0 Å². The summed E-state index contributed by atoms with van der Waals surface area (Å²) in [6.45, 7) is 15.7. The Labute approximate surface area is 329 Å². The molecule has 1 amide bonds. The predicted molar refractivity (Wildman–Crippen MR) is 222 cm³/mol. The Hall–Kier alpha value is -2.72. The van der Waals surface area contributed by atoms with Crippen molar-refractivity contribution < 1.29 is 4.79 Å². The van der Waals surface area contributed by atoms with Crippen LogP contribution in [0.4, 0.5) is 22.7 Å². The molecule has 4 aromatic rings. The number of nitrogens with one attached hydrogen (secondary N) is 4. The second-order valence-corrected chi connectivity index (χ2v) is 15.5. The second-order valence-electron chi connectivity index (χ2n) is 11.7. The van der Waals surface area contributed by atoms with Gasteiger partial charge in [0.25, 0.3) is 0 Å². The summed E-state index contributed by atoms with van der Waals surface area (Å²) in [6.07, 6.45) is 3.11. The van der Waals surface area contributed by atoms with Gasteiger partial charge in [-0.25, -0.2) is 0 Å². The van der Waals surface area contributed by atoms with Crippen molar-refractivity contribution in [3.8, 4) is 0 Å². The molecule has 0 radical (unpaired) electrons. The van der Waals surface area contributed by atoms with E-state index in [2.05, 4.69) is 102 Å². The topological polar surface area (TPSA) is 65.2 Å². The average Bonchev–Trinajstić information content (AvgIpc) is 3.78. The highest BCUT2D eigenvalue weighted by molar-refractivity contribution is 9.11. The number of amides is 1. The van der Waals surface area contributed by atoms with Crippen molar-refractivity contribution >= 4 is 111 Å². The molecule has 0 aliphatic carbocycles. The van der Waals surface area contributed by atoms with Gasteiger partial charge in [-0.15, -0.1) is 0 Å². The molecule has 5 nitrogen and oxygen atoms in total. The first-order valence-corrected chi connectivity index (χ1v) is 18.4. The number of fused-ring (bicyclic) bond motifs is 4. The van der Waals surface area contributed by atoms with Crippen molar-refractivity contribution in [3.05, 3.63) is 147 Å². The fourth-order valence-electron chi connectivity index (χ4n) is 5.71. The molecule has 0 unspecified atom stereocenters. The predicted octanol–water partition coefficient (Wildman–Crippen LogP) is 13.2. The van der Waals surface area contributed by atoms with Gasteiger partial charge in [-0.3, -0.25) is 4.79 Å². The highest BCUT2D eigenvalue weighted by Gasteiger charge is 2.21. The van der Waals surface area contributed by atoms with Crippen LogP contribution < -0.4 is 21.3 Å². The molecular formula is C38H36Br3Cl3N4O. The Morgan fingerprint density at radius 1 is 0.633 bits per heavy atom. The van der Waals surface area contributed by atoms with Gasteiger partial charge in [-0.2, -0.15) is 0 Å². The first-order chi connectivity index (χ1) is 22.7. The highest BCUT2D eigenvalue weighted by Crippen LogP contribution is 2.40. The van der Waals surface area contributed by atoms with Gasteiger partial charge in [0.05, 0.1) is 17.8 Å². The van der Waals surface area contributed by atoms with E-state index in [-0.39, 0.29) is 13.3 Å². The normalized spacial score (nSPS) is 14.0. The van der Waals surface area contributed by atoms with Crippen LogP contribution in [0.1, 0.15) is 40.8 Å². The molecule has 0 bridgehead atoms. The van der Waals surface area contributed by atoms with E-state index in [1.165, 1.54) is 27.9 Å².